The number of ether oxygens (including phenoxy) is 1. The summed E-state index contributed by atoms with van der Waals surface area (Å²) < 4.78 is 64.7. The summed E-state index contributed by atoms with van der Waals surface area (Å²) in [6, 6.07) is 8.73. The van der Waals surface area contributed by atoms with E-state index in [1.165, 1.54) is 25.3 Å². The predicted molar refractivity (Wildman–Crippen MR) is 73.0 cm³/mol. The molecule has 0 amide bonds. The summed E-state index contributed by atoms with van der Waals surface area (Å²) in [5, 5.41) is 1.17. The molecule has 124 valence electrons. The number of hydrogen-bond acceptors (Lipinski definition) is 5. The number of alkyl halides is 3. The van der Waals surface area contributed by atoms with E-state index in [0.717, 1.165) is 4.89 Å². The lowest BCUT2D eigenvalue weighted by atomic mass is 10.1. The number of nitrogens with one attached hydrogen (secondary N) is 1. The van der Waals surface area contributed by atoms with E-state index in [1.807, 2.05) is 0 Å². The van der Waals surface area contributed by atoms with Crippen LogP contribution in [0, 0.1) is 0 Å². The molecule has 1 N–H and O–H groups in total. The third-order valence-electron chi connectivity index (χ3n) is 2.80. The molecule has 2 rings (SSSR count). The zero-order chi connectivity index (χ0) is 17.3. The van der Waals surface area contributed by atoms with Gasteiger partial charge in [0.2, 0.25) is 0 Å². The molecule has 0 atom stereocenters. The van der Waals surface area contributed by atoms with Crippen LogP contribution >= 0.6 is 0 Å². The molecular formula is C13H10F3NO5S. The van der Waals surface area contributed by atoms with Gasteiger partial charge in [0.05, 0.1) is 12.0 Å². The van der Waals surface area contributed by atoms with Crippen molar-refractivity contribution in [2.45, 2.75) is 11.1 Å². The molecule has 0 heterocycles. The van der Waals surface area contributed by atoms with Crippen molar-refractivity contribution in [3.63, 3.8) is 0 Å². The molecular weight excluding hydrogens is 339 g/mol. The van der Waals surface area contributed by atoms with E-state index in [1.54, 1.807) is 18.2 Å². The van der Waals surface area contributed by atoms with Gasteiger partial charge in [-0.3, -0.25) is 0 Å². The molecule has 2 aromatic carbocycles. The number of halogens is 3. The van der Waals surface area contributed by atoms with Gasteiger partial charge in [-0.25, -0.2) is 13.2 Å². The van der Waals surface area contributed by atoms with Crippen LogP contribution in [0.1, 0.15) is 0 Å². The van der Waals surface area contributed by atoms with Crippen LogP contribution < -0.4 is 9.62 Å². The number of methoxy groups -OCH3 is 1. The van der Waals surface area contributed by atoms with E-state index in [9.17, 15) is 26.4 Å². The first kappa shape index (κ1) is 17.0. The van der Waals surface area contributed by atoms with Gasteiger partial charge in [-0.15, -0.1) is 0 Å². The van der Waals surface area contributed by atoms with Crippen LogP contribution in [0.25, 0.3) is 10.8 Å². The summed E-state index contributed by atoms with van der Waals surface area (Å²) >= 11 is 0. The number of carbonyl (C=O) groups is 1. The molecule has 0 aromatic heterocycles. The molecule has 2 aromatic rings. The SMILES string of the molecule is COc1ccc2ccc(S(=O)(=O)NOC(=O)C(F)(F)F)cc2c1. The van der Waals surface area contributed by atoms with Gasteiger partial charge >= 0.3 is 12.1 Å². The van der Waals surface area contributed by atoms with Crippen molar-refractivity contribution < 1.29 is 36.0 Å². The van der Waals surface area contributed by atoms with Gasteiger partial charge in [0.1, 0.15) is 5.75 Å². The van der Waals surface area contributed by atoms with Gasteiger partial charge in [0.25, 0.3) is 10.0 Å². The second-order valence-corrected chi connectivity index (χ2v) is 5.99. The van der Waals surface area contributed by atoms with E-state index in [2.05, 4.69) is 4.84 Å². The summed E-state index contributed by atoms with van der Waals surface area (Å²) in [5.74, 6) is -2.19. The molecule has 0 spiro atoms. The Morgan fingerprint density at radius 2 is 1.74 bits per heavy atom. The monoisotopic (exact) mass is 349 g/mol. The lowest BCUT2D eigenvalue weighted by Gasteiger charge is -2.09. The van der Waals surface area contributed by atoms with Crippen molar-refractivity contribution in [2.75, 3.05) is 7.11 Å². The Morgan fingerprint density at radius 1 is 1.09 bits per heavy atom. The molecule has 0 saturated heterocycles. The Balaban J connectivity index is 2.29. The highest BCUT2D eigenvalue weighted by Gasteiger charge is 2.42. The van der Waals surface area contributed by atoms with Crippen molar-refractivity contribution in [3.8, 4) is 5.75 Å². The minimum atomic E-state index is -5.31. The fourth-order valence-electron chi connectivity index (χ4n) is 1.70. The van der Waals surface area contributed by atoms with E-state index < -0.39 is 22.2 Å². The number of hydrogen-bond donors (Lipinski definition) is 1. The second-order valence-electron chi connectivity index (χ2n) is 4.35. The van der Waals surface area contributed by atoms with Crippen LogP contribution in [-0.4, -0.2) is 27.7 Å². The third-order valence-corrected chi connectivity index (χ3v) is 3.98. The number of carbonyl (C=O) groups excluding carboxylic acids is 1. The van der Waals surface area contributed by atoms with Crippen molar-refractivity contribution in [1.29, 1.82) is 0 Å². The standard InChI is InChI=1S/C13H10F3NO5S/c1-21-10-4-2-8-3-5-11(7-9(8)6-10)23(19,20)17-22-12(18)13(14,15)16/h2-7,17H,1H3. The quantitative estimate of drug-likeness (QED) is 0.856. The third kappa shape index (κ3) is 3.90. The fraction of sp³-hybridized carbons (Fsp3) is 0.154. The molecule has 23 heavy (non-hydrogen) atoms. The number of benzene rings is 2. The minimum absolute atomic E-state index is 0.367. The number of sulfonamides is 1. The Labute approximate surface area is 128 Å². The second kappa shape index (κ2) is 6.05. The van der Waals surface area contributed by atoms with E-state index >= 15 is 0 Å². The zero-order valence-electron chi connectivity index (χ0n) is 11.5. The molecule has 0 aliphatic heterocycles. The van der Waals surface area contributed by atoms with E-state index in [-0.39, 0.29) is 4.90 Å². The minimum Gasteiger partial charge on any atom is -0.497 e. The number of rotatable bonds is 4. The van der Waals surface area contributed by atoms with E-state index in [0.29, 0.717) is 16.5 Å². The first-order valence-corrected chi connectivity index (χ1v) is 7.49. The van der Waals surface area contributed by atoms with Crippen molar-refractivity contribution in [1.82, 2.24) is 4.89 Å². The van der Waals surface area contributed by atoms with Crippen LogP contribution in [0.2, 0.25) is 0 Å². The predicted octanol–water partition coefficient (Wildman–Crippen LogP) is 2.15. The number of fused-ring (bicyclic) bond motifs is 1. The highest BCUT2D eigenvalue weighted by molar-refractivity contribution is 7.89. The molecule has 6 nitrogen and oxygen atoms in total. The van der Waals surface area contributed by atoms with Gasteiger partial charge < -0.3 is 9.57 Å². The average molecular weight is 349 g/mol. The summed E-state index contributed by atoms with van der Waals surface area (Å²) in [4.78, 5) is 14.9. The molecule has 0 unspecified atom stereocenters. The van der Waals surface area contributed by atoms with Gasteiger partial charge in [-0.2, -0.15) is 13.2 Å². The Bertz CT molecular complexity index is 848. The smallest absolute Gasteiger partial charge is 0.492 e. The Morgan fingerprint density at radius 3 is 2.35 bits per heavy atom. The molecule has 0 bridgehead atoms. The van der Waals surface area contributed by atoms with Crippen LogP contribution in [-0.2, 0) is 19.7 Å². The molecule has 10 heteroatoms. The van der Waals surface area contributed by atoms with Crippen LogP contribution in [0.3, 0.4) is 0 Å². The molecule has 0 aliphatic carbocycles. The first-order valence-electron chi connectivity index (χ1n) is 6.01. The molecule has 0 fully saturated rings. The summed E-state index contributed by atoms with van der Waals surface area (Å²) in [5.41, 5.74) is 0. The maximum atomic E-state index is 12.0. The van der Waals surface area contributed by atoms with Crippen LogP contribution in [0.5, 0.6) is 5.75 Å². The normalized spacial score (nSPS) is 12.2. The largest absolute Gasteiger partial charge is 0.497 e. The summed E-state index contributed by atoms with van der Waals surface area (Å²) in [7, 11) is -3.03. The maximum absolute atomic E-state index is 12.0. The van der Waals surface area contributed by atoms with Crippen molar-refractivity contribution >= 4 is 26.8 Å². The van der Waals surface area contributed by atoms with E-state index in [4.69, 9.17) is 4.74 Å². The fourth-order valence-corrected chi connectivity index (χ4v) is 2.51. The average Bonchev–Trinajstić information content (AvgIpc) is 2.50. The first-order chi connectivity index (χ1) is 10.6. The van der Waals surface area contributed by atoms with Gasteiger partial charge in [0.15, 0.2) is 0 Å². The lowest BCUT2D eigenvalue weighted by molar-refractivity contribution is -0.203. The molecule has 0 radical (unpaired) electrons. The topological polar surface area (TPSA) is 81.7 Å². The molecule has 0 aliphatic rings. The molecule has 0 saturated carbocycles. The zero-order valence-corrected chi connectivity index (χ0v) is 12.4. The Kier molecular flexibility index (Phi) is 4.48. The lowest BCUT2D eigenvalue weighted by Crippen LogP contribution is -2.34. The van der Waals surface area contributed by atoms with Crippen molar-refractivity contribution in [2.24, 2.45) is 0 Å². The maximum Gasteiger partial charge on any atom is 0.492 e. The van der Waals surface area contributed by atoms with Crippen molar-refractivity contribution in [3.05, 3.63) is 36.4 Å². The van der Waals surface area contributed by atoms with Crippen LogP contribution in [0.4, 0.5) is 13.2 Å². The highest BCUT2D eigenvalue weighted by atomic mass is 32.2. The summed E-state index contributed by atoms with van der Waals surface area (Å²) in [6.45, 7) is 0. The van der Waals surface area contributed by atoms with Gasteiger partial charge in [-0.1, -0.05) is 12.1 Å². The Hall–Kier alpha value is -2.33. The van der Waals surface area contributed by atoms with Gasteiger partial charge in [-0.05, 0) is 39.9 Å². The van der Waals surface area contributed by atoms with Gasteiger partial charge in [0, 0.05) is 0 Å². The van der Waals surface area contributed by atoms with Crippen LogP contribution in [0.15, 0.2) is 41.3 Å². The highest BCUT2D eigenvalue weighted by Crippen LogP contribution is 2.24. The summed E-state index contributed by atoms with van der Waals surface area (Å²) in [6.07, 6.45) is -5.31.